The topological polar surface area (TPSA) is 72.1 Å². The van der Waals surface area contributed by atoms with Gasteiger partial charge in [0.05, 0.1) is 12.8 Å². The van der Waals surface area contributed by atoms with E-state index in [0.717, 1.165) is 0 Å². The Morgan fingerprint density at radius 1 is 1.62 bits per heavy atom. The van der Waals surface area contributed by atoms with Gasteiger partial charge < -0.3 is 4.74 Å². The van der Waals surface area contributed by atoms with Crippen molar-refractivity contribution in [3.8, 4) is 0 Å². The molecule has 5 heteroatoms. The third kappa shape index (κ3) is 2.90. The fourth-order valence-corrected chi connectivity index (χ4v) is 0.670. The van der Waals surface area contributed by atoms with Crippen LogP contribution in [-0.4, -0.2) is 23.3 Å². The van der Waals surface area contributed by atoms with Gasteiger partial charge in [0, 0.05) is 12.1 Å². The molecule has 68 valence electrons. The number of esters is 1. The number of carbonyl (C=O) groups is 1. The molecule has 0 aliphatic heterocycles. The van der Waals surface area contributed by atoms with Gasteiger partial charge in [0.1, 0.15) is 0 Å². The monoisotopic (exact) mass is 180 g/mol. The van der Waals surface area contributed by atoms with Gasteiger partial charge in [-0.15, -0.1) is 0 Å². The predicted molar refractivity (Wildman–Crippen MR) is 45.9 cm³/mol. The van der Waals surface area contributed by atoms with Gasteiger partial charge in [0.25, 0.3) is 5.56 Å². The Morgan fingerprint density at radius 2 is 2.38 bits per heavy atom. The van der Waals surface area contributed by atoms with Crippen LogP contribution in [0.25, 0.3) is 6.08 Å². The van der Waals surface area contributed by atoms with Crippen LogP contribution in [0.3, 0.4) is 0 Å². The average Bonchev–Trinajstić information content (AvgIpc) is 2.16. The second-order valence-electron chi connectivity index (χ2n) is 2.20. The summed E-state index contributed by atoms with van der Waals surface area (Å²) in [4.78, 5) is 21.2. The number of carbonyl (C=O) groups excluding carboxylic acids is 1. The normalized spacial score (nSPS) is 10.2. The molecule has 1 heterocycles. The number of aromatic nitrogens is 2. The molecule has 0 atom stereocenters. The molecule has 0 aromatic carbocycles. The maximum absolute atomic E-state index is 10.6. The van der Waals surface area contributed by atoms with Crippen LogP contribution in [0.2, 0.25) is 0 Å². The Labute approximate surface area is 74.0 Å². The standard InChI is InChI=1S/C8H8N2O3/c1-13-8(12)5-3-6-2-4-7(11)10-9-6/h2-5H,1H3,(H,10,11). The summed E-state index contributed by atoms with van der Waals surface area (Å²) in [7, 11) is 1.28. The molecule has 1 aromatic rings. The number of hydrogen-bond acceptors (Lipinski definition) is 4. The molecular weight excluding hydrogens is 172 g/mol. The fraction of sp³-hybridized carbons (Fsp3) is 0.125. The average molecular weight is 180 g/mol. The highest BCUT2D eigenvalue weighted by molar-refractivity contribution is 5.86. The zero-order chi connectivity index (χ0) is 9.68. The van der Waals surface area contributed by atoms with Crippen molar-refractivity contribution in [3.05, 3.63) is 34.3 Å². The quantitative estimate of drug-likeness (QED) is 0.511. The van der Waals surface area contributed by atoms with E-state index in [1.54, 1.807) is 0 Å². The van der Waals surface area contributed by atoms with Gasteiger partial charge in [0.15, 0.2) is 0 Å². The van der Waals surface area contributed by atoms with Crippen molar-refractivity contribution in [1.29, 1.82) is 0 Å². The second-order valence-corrected chi connectivity index (χ2v) is 2.20. The molecular formula is C8H8N2O3. The SMILES string of the molecule is COC(=O)C=Cc1ccc(=O)[nH]n1. The lowest BCUT2D eigenvalue weighted by Crippen LogP contribution is -2.05. The lowest BCUT2D eigenvalue weighted by molar-refractivity contribution is -0.134. The highest BCUT2D eigenvalue weighted by Crippen LogP contribution is 1.92. The summed E-state index contributed by atoms with van der Waals surface area (Å²) in [5, 5.41) is 5.89. The van der Waals surface area contributed by atoms with Crippen LogP contribution in [-0.2, 0) is 9.53 Å². The number of ether oxygens (including phenoxy) is 1. The van der Waals surface area contributed by atoms with Gasteiger partial charge in [0.2, 0.25) is 0 Å². The van der Waals surface area contributed by atoms with E-state index >= 15 is 0 Å². The highest BCUT2D eigenvalue weighted by atomic mass is 16.5. The van der Waals surface area contributed by atoms with Crippen LogP contribution >= 0.6 is 0 Å². The molecule has 5 nitrogen and oxygen atoms in total. The highest BCUT2D eigenvalue weighted by Gasteiger charge is 1.92. The Hall–Kier alpha value is -1.91. The molecule has 0 aliphatic rings. The van der Waals surface area contributed by atoms with Gasteiger partial charge in [-0.1, -0.05) is 0 Å². The van der Waals surface area contributed by atoms with Gasteiger partial charge in [-0.3, -0.25) is 4.79 Å². The second kappa shape index (κ2) is 4.20. The summed E-state index contributed by atoms with van der Waals surface area (Å²) in [5.74, 6) is -0.465. The van der Waals surface area contributed by atoms with Crippen molar-refractivity contribution in [2.75, 3.05) is 7.11 Å². The first kappa shape index (κ1) is 9.18. The van der Waals surface area contributed by atoms with E-state index in [1.165, 1.54) is 31.4 Å². The number of aromatic amines is 1. The molecule has 0 saturated heterocycles. The molecule has 1 rings (SSSR count). The van der Waals surface area contributed by atoms with Gasteiger partial charge >= 0.3 is 5.97 Å². The third-order valence-electron chi connectivity index (χ3n) is 1.29. The first-order valence-electron chi connectivity index (χ1n) is 3.54. The summed E-state index contributed by atoms with van der Waals surface area (Å²) in [6, 6.07) is 2.82. The van der Waals surface area contributed by atoms with Crippen LogP contribution in [0, 0.1) is 0 Å². The van der Waals surface area contributed by atoms with E-state index in [9.17, 15) is 9.59 Å². The molecule has 0 amide bonds. The molecule has 0 bridgehead atoms. The molecule has 0 radical (unpaired) electrons. The van der Waals surface area contributed by atoms with Crippen LogP contribution < -0.4 is 5.56 Å². The lowest BCUT2D eigenvalue weighted by atomic mass is 10.3. The molecule has 1 N–H and O–H groups in total. The van der Waals surface area contributed by atoms with Crippen molar-refractivity contribution in [2.24, 2.45) is 0 Å². The van der Waals surface area contributed by atoms with E-state index in [4.69, 9.17) is 0 Å². The predicted octanol–water partition coefficient (Wildman–Crippen LogP) is -0.0439. The summed E-state index contributed by atoms with van der Waals surface area (Å²) in [5.41, 5.74) is 0.209. The third-order valence-corrected chi connectivity index (χ3v) is 1.29. The molecule has 0 unspecified atom stereocenters. The van der Waals surface area contributed by atoms with E-state index in [1.807, 2.05) is 0 Å². The Morgan fingerprint density at radius 3 is 2.92 bits per heavy atom. The van der Waals surface area contributed by atoms with Crippen molar-refractivity contribution >= 4 is 12.0 Å². The minimum absolute atomic E-state index is 0.282. The van der Waals surface area contributed by atoms with E-state index in [2.05, 4.69) is 14.9 Å². The van der Waals surface area contributed by atoms with Crippen LogP contribution in [0.15, 0.2) is 23.0 Å². The smallest absolute Gasteiger partial charge is 0.330 e. The van der Waals surface area contributed by atoms with Crippen molar-refractivity contribution in [1.82, 2.24) is 10.2 Å². The maximum atomic E-state index is 10.6. The Kier molecular flexibility index (Phi) is 2.97. The number of H-pyrrole nitrogens is 1. The van der Waals surface area contributed by atoms with Crippen LogP contribution in [0.4, 0.5) is 0 Å². The summed E-state index contributed by atoms with van der Waals surface area (Å²) < 4.78 is 4.37. The van der Waals surface area contributed by atoms with E-state index in [0.29, 0.717) is 5.69 Å². The first-order valence-corrected chi connectivity index (χ1v) is 3.54. The summed E-state index contributed by atoms with van der Waals surface area (Å²) >= 11 is 0. The van der Waals surface area contributed by atoms with Crippen LogP contribution in [0.5, 0.6) is 0 Å². The zero-order valence-electron chi connectivity index (χ0n) is 6.98. The minimum atomic E-state index is -0.465. The van der Waals surface area contributed by atoms with Crippen molar-refractivity contribution < 1.29 is 9.53 Å². The number of methoxy groups -OCH3 is 1. The molecule has 0 saturated carbocycles. The van der Waals surface area contributed by atoms with E-state index in [-0.39, 0.29) is 5.56 Å². The molecule has 1 aromatic heterocycles. The van der Waals surface area contributed by atoms with Crippen molar-refractivity contribution in [3.63, 3.8) is 0 Å². The number of hydrogen-bond donors (Lipinski definition) is 1. The molecule has 0 aliphatic carbocycles. The Balaban J connectivity index is 2.75. The van der Waals surface area contributed by atoms with E-state index < -0.39 is 5.97 Å². The zero-order valence-corrected chi connectivity index (χ0v) is 6.98. The van der Waals surface area contributed by atoms with Gasteiger partial charge in [-0.05, 0) is 12.1 Å². The summed E-state index contributed by atoms with van der Waals surface area (Å²) in [6.07, 6.45) is 2.67. The van der Waals surface area contributed by atoms with Gasteiger partial charge in [-0.25, -0.2) is 9.89 Å². The largest absolute Gasteiger partial charge is 0.466 e. The van der Waals surface area contributed by atoms with Crippen molar-refractivity contribution in [2.45, 2.75) is 0 Å². The molecule has 0 fully saturated rings. The lowest BCUT2D eigenvalue weighted by Gasteiger charge is -1.90. The maximum Gasteiger partial charge on any atom is 0.330 e. The summed E-state index contributed by atoms with van der Waals surface area (Å²) in [6.45, 7) is 0. The molecule has 0 spiro atoms. The van der Waals surface area contributed by atoms with Gasteiger partial charge in [-0.2, -0.15) is 5.10 Å². The first-order chi connectivity index (χ1) is 6.22. The molecule has 13 heavy (non-hydrogen) atoms. The van der Waals surface area contributed by atoms with Crippen LogP contribution in [0.1, 0.15) is 5.69 Å². The minimum Gasteiger partial charge on any atom is -0.466 e. The number of nitrogens with zero attached hydrogens (tertiary/aromatic N) is 1. The Bertz CT molecular complexity index is 361. The number of rotatable bonds is 2. The number of nitrogens with one attached hydrogen (secondary N) is 1. The fourth-order valence-electron chi connectivity index (χ4n) is 0.670.